The molecule has 4 nitrogen and oxygen atoms in total. The first-order valence-electron chi connectivity index (χ1n) is 6.88. The molecule has 0 aromatic heterocycles. The molecule has 0 radical (unpaired) electrons. The van der Waals surface area contributed by atoms with Crippen LogP contribution in [-0.4, -0.2) is 29.1 Å². The van der Waals surface area contributed by atoms with Crippen molar-refractivity contribution in [3.8, 4) is 0 Å². The number of nitrogens with two attached hydrogens (primary N) is 1. The third-order valence-electron chi connectivity index (χ3n) is 4.79. The molecule has 1 amide bonds. The normalized spacial score (nSPS) is 36.8. The molecule has 2 bridgehead atoms. The second-order valence-corrected chi connectivity index (χ2v) is 6.28. The zero-order chi connectivity index (χ0) is 12.8. The minimum atomic E-state index is -0.586. The minimum absolute atomic E-state index is 0.0358. The zero-order valence-electron chi connectivity index (χ0n) is 10.5. The van der Waals surface area contributed by atoms with Crippen molar-refractivity contribution in [2.45, 2.75) is 63.2 Å². The standard InChI is InChI=1S/C13H20N2O2S/c14-11(18)13(5-1-2-6-13)12(16)15-9-7-8-3-4-10(9)17-8/h8-10H,1-7H2,(H2,14,18)(H,15,16). The van der Waals surface area contributed by atoms with E-state index >= 15 is 0 Å². The van der Waals surface area contributed by atoms with Crippen molar-refractivity contribution in [2.75, 3.05) is 0 Å². The van der Waals surface area contributed by atoms with Crippen LogP contribution in [0, 0.1) is 5.41 Å². The molecule has 2 saturated heterocycles. The summed E-state index contributed by atoms with van der Waals surface area (Å²) in [5, 5.41) is 3.14. The second-order valence-electron chi connectivity index (χ2n) is 5.84. The van der Waals surface area contributed by atoms with E-state index in [9.17, 15) is 4.79 Å². The molecule has 18 heavy (non-hydrogen) atoms. The predicted octanol–water partition coefficient (Wildman–Crippen LogP) is 1.27. The third kappa shape index (κ3) is 1.84. The summed E-state index contributed by atoms with van der Waals surface area (Å²) in [7, 11) is 0. The van der Waals surface area contributed by atoms with Gasteiger partial charge in [0.25, 0.3) is 0 Å². The fraction of sp³-hybridized carbons (Fsp3) is 0.846. The predicted molar refractivity (Wildman–Crippen MR) is 72.1 cm³/mol. The molecule has 3 atom stereocenters. The fourth-order valence-corrected chi connectivity index (χ4v) is 3.96. The highest BCUT2D eigenvalue weighted by Gasteiger charge is 2.47. The van der Waals surface area contributed by atoms with Gasteiger partial charge in [0.1, 0.15) is 0 Å². The molecule has 5 heteroatoms. The highest BCUT2D eigenvalue weighted by atomic mass is 32.1. The van der Waals surface area contributed by atoms with Crippen LogP contribution in [0.4, 0.5) is 0 Å². The number of fused-ring (bicyclic) bond motifs is 2. The Bertz CT molecular complexity index is 379. The van der Waals surface area contributed by atoms with Gasteiger partial charge in [-0.1, -0.05) is 25.1 Å². The van der Waals surface area contributed by atoms with Gasteiger partial charge in [-0.2, -0.15) is 0 Å². The maximum atomic E-state index is 12.5. The van der Waals surface area contributed by atoms with Gasteiger partial charge in [-0.3, -0.25) is 4.79 Å². The number of rotatable bonds is 3. The Labute approximate surface area is 113 Å². The summed E-state index contributed by atoms with van der Waals surface area (Å²) >= 11 is 5.14. The van der Waals surface area contributed by atoms with Gasteiger partial charge < -0.3 is 15.8 Å². The van der Waals surface area contributed by atoms with Gasteiger partial charge >= 0.3 is 0 Å². The Kier molecular flexibility index (Phi) is 3.06. The lowest BCUT2D eigenvalue weighted by molar-refractivity contribution is -0.128. The first-order chi connectivity index (χ1) is 8.62. The van der Waals surface area contributed by atoms with Gasteiger partial charge in [0.05, 0.1) is 28.7 Å². The first kappa shape index (κ1) is 12.4. The van der Waals surface area contributed by atoms with Gasteiger partial charge in [-0.25, -0.2) is 0 Å². The Balaban J connectivity index is 1.68. The molecule has 1 aliphatic carbocycles. The molecule has 3 fully saturated rings. The van der Waals surface area contributed by atoms with Gasteiger partial charge in [0.15, 0.2) is 0 Å². The van der Waals surface area contributed by atoms with E-state index in [2.05, 4.69) is 5.32 Å². The summed E-state index contributed by atoms with van der Waals surface area (Å²) in [5.41, 5.74) is 5.24. The van der Waals surface area contributed by atoms with Gasteiger partial charge in [0, 0.05) is 0 Å². The molecule has 3 unspecified atom stereocenters. The minimum Gasteiger partial charge on any atom is -0.392 e. The summed E-state index contributed by atoms with van der Waals surface area (Å²) in [6.45, 7) is 0. The third-order valence-corrected chi connectivity index (χ3v) is 5.18. The van der Waals surface area contributed by atoms with Crippen molar-refractivity contribution in [2.24, 2.45) is 11.1 Å². The van der Waals surface area contributed by atoms with Crippen LogP contribution in [0.15, 0.2) is 0 Å². The number of amides is 1. The van der Waals surface area contributed by atoms with Crippen LogP contribution in [0.5, 0.6) is 0 Å². The van der Waals surface area contributed by atoms with Crippen molar-refractivity contribution in [3.63, 3.8) is 0 Å². The van der Waals surface area contributed by atoms with Crippen LogP contribution in [0.2, 0.25) is 0 Å². The Morgan fingerprint density at radius 1 is 1.33 bits per heavy atom. The maximum absolute atomic E-state index is 12.5. The first-order valence-corrected chi connectivity index (χ1v) is 7.29. The summed E-state index contributed by atoms with van der Waals surface area (Å²) < 4.78 is 5.76. The topological polar surface area (TPSA) is 64.4 Å². The monoisotopic (exact) mass is 268 g/mol. The number of carbonyl (C=O) groups is 1. The van der Waals surface area contributed by atoms with Crippen molar-refractivity contribution >= 4 is 23.1 Å². The number of hydrogen-bond acceptors (Lipinski definition) is 3. The quantitative estimate of drug-likeness (QED) is 0.757. The average Bonchev–Trinajstić information content (AvgIpc) is 3.05. The van der Waals surface area contributed by atoms with Crippen LogP contribution in [0.1, 0.15) is 44.9 Å². The number of ether oxygens (including phenoxy) is 1. The Hall–Kier alpha value is -0.680. The molecule has 0 aromatic rings. The van der Waals surface area contributed by atoms with E-state index in [1.54, 1.807) is 0 Å². The van der Waals surface area contributed by atoms with E-state index in [-0.39, 0.29) is 18.1 Å². The molecule has 3 aliphatic rings. The number of thiocarbonyl (C=S) groups is 1. The summed E-state index contributed by atoms with van der Waals surface area (Å²) in [6.07, 6.45) is 7.40. The molecular formula is C13H20N2O2S. The lowest BCUT2D eigenvalue weighted by atomic mass is 9.84. The van der Waals surface area contributed by atoms with Gasteiger partial charge in [-0.05, 0) is 32.1 Å². The van der Waals surface area contributed by atoms with Crippen LogP contribution >= 0.6 is 12.2 Å². The van der Waals surface area contributed by atoms with E-state index < -0.39 is 5.41 Å². The Morgan fingerprint density at radius 3 is 2.56 bits per heavy atom. The molecule has 1 saturated carbocycles. The van der Waals surface area contributed by atoms with Crippen LogP contribution < -0.4 is 11.1 Å². The van der Waals surface area contributed by atoms with Crippen LogP contribution in [0.25, 0.3) is 0 Å². The van der Waals surface area contributed by atoms with E-state index in [0.717, 1.165) is 44.9 Å². The largest absolute Gasteiger partial charge is 0.392 e. The molecule has 0 spiro atoms. The fourth-order valence-electron chi connectivity index (χ4n) is 3.66. The van der Waals surface area contributed by atoms with E-state index in [0.29, 0.717) is 11.1 Å². The summed E-state index contributed by atoms with van der Waals surface area (Å²) in [4.78, 5) is 12.9. The zero-order valence-corrected chi connectivity index (χ0v) is 11.3. The molecular weight excluding hydrogens is 248 g/mol. The lowest BCUT2D eigenvalue weighted by Crippen LogP contribution is -2.52. The van der Waals surface area contributed by atoms with Crippen molar-refractivity contribution in [1.82, 2.24) is 5.32 Å². The summed E-state index contributed by atoms with van der Waals surface area (Å²) in [6, 6.07) is 0.170. The number of nitrogens with one attached hydrogen (secondary N) is 1. The average molecular weight is 268 g/mol. The van der Waals surface area contributed by atoms with Crippen molar-refractivity contribution < 1.29 is 9.53 Å². The summed E-state index contributed by atoms with van der Waals surface area (Å²) in [5.74, 6) is 0.0358. The van der Waals surface area contributed by atoms with Crippen LogP contribution in [0.3, 0.4) is 0 Å². The number of hydrogen-bond donors (Lipinski definition) is 2. The van der Waals surface area contributed by atoms with Crippen molar-refractivity contribution in [1.29, 1.82) is 0 Å². The van der Waals surface area contributed by atoms with E-state index in [1.165, 1.54) is 0 Å². The lowest BCUT2D eigenvalue weighted by Gasteiger charge is -2.30. The molecule has 2 heterocycles. The highest BCUT2D eigenvalue weighted by Crippen LogP contribution is 2.40. The Morgan fingerprint density at radius 2 is 2.06 bits per heavy atom. The second kappa shape index (κ2) is 4.46. The molecule has 100 valence electrons. The molecule has 2 aliphatic heterocycles. The van der Waals surface area contributed by atoms with Gasteiger partial charge in [-0.15, -0.1) is 0 Å². The SMILES string of the molecule is NC(=S)C1(C(=O)NC2CC3CCC2O3)CCCC1. The van der Waals surface area contributed by atoms with E-state index in [1.807, 2.05) is 0 Å². The maximum Gasteiger partial charge on any atom is 0.233 e. The van der Waals surface area contributed by atoms with Crippen LogP contribution in [-0.2, 0) is 9.53 Å². The number of carbonyl (C=O) groups excluding carboxylic acids is 1. The highest BCUT2D eigenvalue weighted by molar-refractivity contribution is 7.80. The smallest absolute Gasteiger partial charge is 0.233 e. The van der Waals surface area contributed by atoms with E-state index in [4.69, 9.17) is 22.7 Å². The molecule has 0 aromatic carbocycles. The van der Waals surface area contributed by atoms with Gasteiger partial charge in [0.2, 0.25) is 5.91 Å². The molecule has 3 rings (SSSR count). The van der Waals surface area contributed by atoms with Crippen molar-refractivity contribution in [3.05, 3.63) is 0 Å². The molecule has 3 N–H and O–H groups in total.